The van der Waals surface area contributed by atoms with Crippen LogP contribution in [0.25, 0.3) is 21.8 Å². The number of hydrogen-bond acceptors (Lipinski definition) is 4. The number of fused-ring (bicyclic) bond motifs is 3. The van der Waals surface area contributed by atoms with Crippen LogP contribution in [0.2, 0.25) is 0 Å². The Morgan fingerprint density at radius 3 is 2.73 bits per heavy atom. The van der Waals surface area contributed by atoms with Crippen molar-refractivity contribution in [2.24, 2.45) is 0 Å². The molecular weight excluding hydrogens is 330 g/mol. The van der Waals surface area contributed by atoms with Crippen LogP contribution in [0.15, 0.2) is 36.4 Å². The normalized spacial score (nSPS) is 15.6. The van der Waals surface area contributed by atoms with Crippen molar-refractivity contribution in [2.45, 2.75) is 32.4 Å². The highest BCUT2D eigenvalue weighted by Crippen LogP contribution is 2.37. The average molecular weight is 353 g/mol. The third-order valence-corrected chi connectivity index (χ3v) is 5.13. The van der Waals surface area contributed by atoms with Crippen LogP contribution >= 0.6 is 0 Å². The molecule has 3 aromatic rings. The van der Waals surface area contributed by atoms with Crippen molar-refractivity contribution in [2.75, 3.05) is 19.8 Å². The second kappa shape index (κ2) is 7.09. The molecule has 136 valence electrons. The molecule has 0 spiro atoms. The Labute approximate surface area is 152 Å². The first-order chi connectivity index (χ1) is 12.7. The Morgan fingerprint density at radius 1 is 1.23 bits per heavy atom. The van der Waals surface area contributed by atoms with Gasteiger partial charge < -0.3 is 19.1 Å². The zero-order valence-corrected chi connectivity index (χ0v) is 14.9. The molecule has 0 amide bonds. The van der Waals surface area contributed by atoms with Crippen LogP contribution in [0.3, 0.4) is 0 Å². The molecule has 0 saturated carbocycles. The van der Waals surface area contributed by atoms with Gasteiger partial charge in [-0.1, -0.05) is 18.2 Å². The molecule has 1 N–H and O–H groups in total. The molecule has 0 radical (unpaired) electrons. The maximum absolute atomic E-state index is 12.3. The summed E-state index contributed by atoms with van der Waals surface area (Å²) in [5.74, 6) is -0.354. The van der Waals surface area contributed by atoms with Crippen molar-refractivity contribution in [3.63, 3.8) is 0 Å². The van der Waals surface area contributed by atoms with Gasteiger partial charge in [0.25, 0.3) is 0 Å². The van der Waals surface area contributed by atoms with E-state index in [9.17, 15) is 9.90 Å². The van der Waals surface area contributed by atoms with Crippen LogP contribution in [0, 0.1) is 0 Å². The van der Waals surface area contributed by atoms with Crippen molar-refractivity contribution in [3.8, 4) is 0 Å². The SMILES string of the molecule is CCOC(=O)c1cc(CO)c2c3ccccc3n(C3CCOCC3)c2c1. The lowest BCUT2D eigenvalue weighted by Crippen LogP contribution is -2.19. The highest BCUT2D eigenvalue weighted by molar-refractivity contribution is 6.11. The molecule has 5 heteroatoms. The standard InChI is InChI=1S/C21H23NO4/c1-2-26-21(24)14-11-15(13-23)20-17-5-3-4-6-18(17)22(19(20)12-14)16-7-9-25-10-8-16/h3-6,11-12,16,23H,2,7-10,13H2,1H3. The van der Waals surface area contributed by atoms with Gasteiger partial charge in [-0.3, -0.25) is 0 Å². The van der Waals surface area contributed by atoms with Crippen molar-refractivity contribution >= 4 is 27.8 Å². The molecule has 26 heavy (non-hydrogen) atoms. The third kappa shape index (κ3) is 2.77. The molecule has 1 fully saturated rings. The van der Waals surface area contributed by atoms with Crippen molar-refractivity contribution in [1.82, 2.24) is 4.57 Å². The second-order valence-corrected chi connectivity index (χ2v) is 6.64. The summed E-state index contributed by atoms with van der Waals surface area (Å²) in [6.45, 7) is 3.48. The fourth-order valence-corrected chi connectivity index (χ4v) is 4.01. The Bertz CT molecular complexity index is 953. The lowest BCUT2D eigenvalue weighted by Gasteiger charge is -2.25. The summed E-state index contributed by atoms with van der Waals surface area (Å²) in [7, 11) is 0. The molecule has 0 atom stereocenters. The van der Waals surface area contributed by atoms with Gasteiger partial charge in [0.1, 0.15) is 0 Å². The van der Waals surface area contributed by atoms with Gasteiger partial charge in [0.15, 0.2) is 0 Å². The summed E-state index contributed by atoms with van der Waals surface area (Å²) in [6, 6.07) is 12.2. The zero-order valence-electron chi connectivity index (χ0n) is 14.9. The summed E-state index contributed by atoms with van der Waals surface area (Å²) in [5, 5.41) is 12.1. The number of aliphatic hydroxyl groups is 1. The summed E-state index contributed by atoms with van der Waals surface area (Å²) >= 11 is 0. The van der Waals surface area contributed by atoms with Gasteiger partial charge in [-0.05, 0) is 43.5 Å². The van der Waals surface area contributed by atoms with Gasteiger partial charge in [-0.2, -0.15) is 0 Å². The minimum absolute atomic E-state index is 0.120. The highest BCUT2D eigenvalue weighted by Gasteiger charge is 2.23. The van der Waals surface area contributed by atoms with E-state index in [0.717, 1.165) is 53.4 Å². The predicted octanol–water partition coefficient (Wildman–Crippen LogP) is 3.82. The fourth-order valence-electron chi connectivity index (χ4n) is 4.01. The lowest BCUT2D eigenvalue weighted by molar-refractivity contribution is 0.0526. The van der Waals surface area contributed by atoms with Crippen molar-refractivity contribution < 1.29 is 19.4 Å². The van der Waals surface area contributed by atoms with E-state index in [-0.39, 0.29) is 12.6 Å². The van der Waals surface area contributed by atoms with Crippen LogP contribution < -0.4 is 0 Å². The lowest BCUT2D eigenvalue weighted by atomic mass is 10.0. The van der Waals surface area contributed by atoms with E-state index in [1.807, 2.05) is 18.2 Å². The predicted molar refractivity (Wildman–Crippen MR) is 100 cm³/mol. The first kappa shape index (κ1) is 17.1. The smallest absolute Gasteiger partial charge is 0.338 e. The monoisotopic (exact) mass is 353 g/mol. The summed E-state index contributed by atoms with van der Waals surface area (Å²) < 4.78 is 13.0. The van der Waals surface area contributed by atoms with E-state index < -0.39 is 0 Å². The molecule has 2 aromatic carbocycles. The Hall–Kier alpha value is -2.37. The number of ether oxygens (including phenoxy) is 2. The van der Waals surface area contributed by atoms with E-state index >= 15 is 0 Å². The van der Waals surface area contributed by atoms with Crippen LogP contribution in [-0.4, -0.2) is 35.5 Å². The Morgan fingerprint density at radius 2 is 2.00 bits per heavy atom. The molecule has 1 aliphatic rings. The van der Waals surface area contributed by atoms with Crippen molar-refractivity contribution in [1.29, 1.82) is 0 Å². The topological polar surface area (TPSA) is 60.7 Å². The number of para-hydroxylation sites is 1. The molecule has 0 bridgehead atoms. The van der Waals surface area contributed by atoms with E-state index in [1.54, 1.807) is 13.0 Å². The summed E-state index contributed by atoms with van der Waals surface area (Å²) in [5.41, 5.74) is 3.35. The Balaban J connectivity index is 2.02. The number of aromatic nitrogens is 1. The number of carbonyl (C=O) groups is 1. The molecule has 1 aliphatic heterocycles. The maximum atomic E-state index is 12.3. The molecular formula is C21H23NO4. The number of aliphatic hydroxyl groups excluding tert-OH is 1. The minimum atomic E-state index is -0.354. The van der Waals surface area contributed by atoms with Crippen LogP contribution in [0.5, 0.6) is 0 Å². The van der Waals surface area contributed by atoms with E-state index in [1.165, 1.54) is 0 Å². The quantitative estimate of drug-likeness (QED) is 0.725. The van der Waals surface area contributed by atoms with Gasteiger partial charge in [0.2, 0.25) is 0 Å². The number of esters is 1. The van der Waals surface area contributed by atoms with Crippen LogP contribution in [-0.2, 0) is 16.1 Å². The molecule has 0 aliphatic carbocycles. The molecule has 0 unspecified atom stereocenters. The highest BCUT2D eigenvalue weighted by atomic mass is 16.5. The summed E-state index contributed by atoms with van der Waals surface area (Å²) in [4.78, 5) is 12.3. The van der Waals surface area contributed by atoms with Crippen LogP contribution in [0.1, 0.15) is 41.7 Å². The molecule has 1 saturated heterocycles. The van der Waals surface area contributed by atoms with E-state index in [4.69, 9.17) is 9.47 Å². The van der Waals surface area contributed by atoms with Gasteiger partial charge >= 0.3 is 5.97 Å². The van der Waals surface area contributed by atoms with Gasteiger partial charge in [-0.25, -0.2) is 4.79 Å². The summed E-state index contributed by atoms with van der Waals surface area (Å²) in [6.07, 6.45) is 1.87. The largest absolute Gasteiger partial charge is 0.462 e. The molecule has 2 heterocycles. The average Bonchev–Trinajstić information content (AvgIpc) is 3.02. The molecule has 4 rings (SSSR count). The number of nitrogens with zero attached hydrogens (tertiary/aromatic N) is 1. The number of rotatable bonds is 4. The van der Waals surface area contributed by atoms with E-state index in [0.29, 0.717) is 18.2 Å². The van der Waals surface area contributed by atoms with Gasteiger partial charge in [0, 0.05) is 35.5 Å². The first-order valence-electron chi connectivity index (χ1n) is 9.16. The van der Waals surface area contributed by atoms with Crippen molar-refractivity contribution in [3.05, 3.63) is 47.5 Å². The molecule has 5 nitrogen and oxygen atoms in total. The Kier molecular flexibility index (Phi) is 4.66. The number of carbonyl (C=O) groups excluding carboxylic acids is 1. The zero-order chi connectivity index (χ0) is 18.1. The number of benzene rings is 2. The maximum Gasteiger partial charge on any atom is 0.338 e. The van der Waals surface area contributed by atoms with Gasteiger partial charge in [-0.15, -0.1) is 0 Å². The first-order valence-corrected chi connectivity index (χ1v) is 9.16. The second-order valence-electron chi connectivity index (χ2n) is 6.64. The van der Waals surface area contributed by atoms with E-state index in [2.05, 4.69) is 16.7 Å². The van der Waals surface area contributed by atoms with Crippen LogP contribution in [0.4, 0.5) is 0 Å². The third-order valence-electron chi connectivity index (χ3n) is 5.13. The minimum Gasteiger partial charge on any atom is -0.462 e. The van der Waals surface area contributed by atoms with Gasteiger partial charge in [0.05, 0.1) is 24.3 Å². The number of hydrogen-bond donors (Lipinski definition) is 1. The fraction of sp³-hybridized carbons (Fsp3) is 0.381. The molecule has 1 aromatic heterocycles.